The molecule has 0 atom stereocenters. The molecule has 1 aliphatic rings. The molecule has 0 fully saturated rings. The number of rotatable bonds is 4. The van der Waals surface area contributed by atoms with Gasteiger partial charge in [-0.15, -0.1) is 0 Å². The third-order valence-corrected chi connectivity index (χ3v) is 3.51. The maximum atomic E-state index is 11.8. The van der Waals surface area contributed by atoms with Gasteiger partial charge in [-0.05, 0) is 56.5 Å². The van der Waals surface area contributed by atoms with E-state index in [-0.39, 0.29) is 5.91 Å². The van der Waals surface area contributed by atoms with Crippen molar-refractivity contribution in [2.75, 3.05) is 6.54 Å². The minimum Gasteiger partial charge on any atom is -0.362 e. The smallest absolute Gasteiger partial charge is 0.258 e. The summed E-state index contributed by atoms with van der Waals surface area (Å²) in [5.74, 6) is -0.229. The molecule has 1 aromatic rings. The number of carbonyl (C=O) groups is 1. The molecule has 1 heterocycles. The first-order valence-corrected chi connectivity index (χ1v) is 7.33. The van der Waals surface area contributed by atoms with Crippen molar-refractivity contribution in [3.63, 3.8) is 0 Å². The van der Waals surface area contributed by atoms with E-state index in [9.17, 15) is 4.79 Å². The number of hydrogen-bond acceptors (Lipinski definition) is 3. The van der Waals surface area contributed by atoms with Crippen LogP contribution in [-0.4, -0.2) is 22.5 Å². The van der Waals surface area contributed by atoms with Crippen LogP contribution in [0.15, 0.2) is 36.2 Å². The molecule has 0 spiro atoms. The maximum absolute atomic E-state index is 11.8. The molecule has 1 aliphatic carbocycles. The Balaban J connectivity index is 1.70. The lowest BCUT2D eigenvalue weighted by molar-refractivity contribution is 0.0976. The Morgan fingerprint density at radius 2 is 2.30 bits per heavy atom. The monoisotopic (exact) mass is 289 g/mol. The van der Waals surface area contributed by atoms with Gasteiger partial charge in [0.2, 0.25) is 0 Å². The van der Waals surface area contributed by atoms with Crippen LogP contribution in [0.3, 0.4) is 0 Å². The first-order valence-electron chi connectivity index (χ1n) is 6.93. The highest BCUT2D eigenvalue weighted by Gasteiger charge is 2.08. The number of aromatic nitrogens is 1. The summed E-state index contributed by atoms with van der Waals surface area (Å²) in [5.41, 5.74) is 2.00. The molecule has 0 aliphatic heterocycles. The maximum Gasteiger partial charge on any atom is 0.258 e. The van der Waals surface area contributed by atoms with Crippen molar-refractivity contribution in [3.8, 4) is 0 Å². The lowest BCUT2D eigenvalue weighted by Crippen LogP contribution is -2.39. The number of thiocarbonyl (C=S) groups is 1. The van der Waals surface area contributed by atoms with Gasteiger partial charge >= 0.3 is 0 Å². The highest BCUT2D eigenvalue weighted by molar-refractivity contribution is 7.80. The Kier molecular flexibility index (Phi) is 5.68. The van der Waals surface area contributed by atoms with Gasteiger partial charge in [0, 0.05) is 18.9 Å². The van der Waals surface area contributed by atoms with E-state index in [0.29, 0.717) is 10.7 Å². The highest BCUT2D eigenvalue weighted by atomic mass is 32.1. The second kappa shape index (κ2) is 7.75. The SMILES string of the molecule is O=C(NC(=S)NCCC1=CCCCC1)c1cccnc1. The van der Waals surface area contributed by atoms with Crippen LogP contribution < -0.4 is 10.6 Å². The zero-order valence-electron chi connectivity index (χ0n) is 11.4. The van der Waals surface area contributed by atoms with Crippen molar-refractivity contribution >= 4 is 23.2 Å². The Morgan fingerprint density at radius 1 is 1.40 bits per heavy atom. The third-order valence-electron chi connectivity index (χ3n) is 3.27. The Morgan fingerprint density at radius 3 is 3.00 bits per heavy atom. The van der Waals surface area contributed by atoms with Crippen LogP contribution in [0.1, 0.15) is 42.5 Å². The summed E-state index contributed by atoms with van der Waals surface area (Å²) in [4.78, 5) is 15.7. The predicted octanol–water partition coefficient (Wildman–Crippen LogP) is 2.58. The molecule has 0 aromatic carbocycles. The van der Waals surface area contributed by atoms with Gasteiger partial charge < -0.3 is 5.32 Å². The van der Waals surface area contributed by atoms with E-state index in [0.717, 1.165) is 13.0 Å². The minimum absolute atomic E-state index is 0.229. The molecule has 4 nitrogen and oxygen atoms in total. The molecule has 2 N–H and O–H groups in total. The summed E-state index contributed by atoms with van der Waals surface area (Å²) in [6, 6.07) is 3.43. The molecule has 0 radical (unpaired) electrons. The van der Waals surface area contributed by atoms with Crippen molar-refractivity contribution < 1.29 is 4.79 Å². The second-order valence-corrected chi connectivity index (χ2v) is 5.22. The summed E-state index contributed by atoms with van der Waals surface area (Å²) >= 11 is 5.11. The van der Waals surface area contributed by atoms with E-state index in [2.05, 4.69) is 21.7 Å². The largest absolute Gasteiger partial charge is 0.362 e. The van der Waals surface area contributed by atoms with Gasteiger partial charge in [-0.25, -0.2) is 0 Å². The van der Waals surface area contributed by atoms with E-state index in [1.54, 1.807) is 18.3 Å². The van der Waals surface area contributed by atoms with Crippen LogP contribution in [0, 0.1) is 0 Å². The summed E-state index contributed by atoms with van der Waals surface area (Å²) in [6.07, 6.45) is 11.4. The molecule has 0 bridgehead atoms. The molecule has 0 saturated carbocycles. The van der Waals surface area contributed by atoms with Crippen molar-refractivity contribution in [1.82, 2.24) is 15.6 Å². The lowest BCUT2D eigenvalue weighted by atomic mass is 9.97. The summed E-state index contributed by atoms with van der Waals surface area (Å²) in [7, 11) is 0. The molecule has 0 unspecified atom stereocenters. The lowest BCUT2D eigenvalue weighted by Gasteiger charge is -2.14. The zero-order valence-corrected chi connectivity index (χ0v) is 12.2. The second-order valence-electron chi connectivity index (χ2n) is 4.81. The molecular formula is C15H19N3OS. The number of amides is 1. The predicted molar refractivity (Wildman–Crippen MR) is 83.5 cm³/mol. The third kappa shape index (κ3) is 4.74. The van der Waals surface area contributed by atoms with Crippen molar-refractivity contribution in [3.05, 3.63) is 41.7 Å². The Hall–Kier alpha value is -1.75. The standard InChI is InChI=1S/C15H19N3OS/c19-14(13-7-4-9-16-11-13)18-15(20)17-10-8-12-5-2-1-3-6-12/h4-5,7,9,11H,1-3,6,8,10H2,(H2,17,18,19,20). The molecule has 1 aromatic heterocycles. The van der Waals surface area contributed by atoms with Gasteiger partial charge in [-0.3, -0.25) is 15.1 Å². The van der Waals surface area contributed by atoms with Crippen LogP contribution in [0.25, 0.3) is 0 Å². The molecule has 0 saturated heterocycles. The fourth-order valence-electron chi connectivity index (χ4n) is 2.18. The van der Waals surface area contributed by atoms with E-state index in [1.807, 2.05) is 0 Å². The fraction of sp³-hybridized carbons (Fsp3) is 0.400. The summed E-state index contributed by atoms with van der Waals surface area (Å²) < 4.78 is 0. The van der Waals surface area contributed by atoms with Gasteiger partial charge in [0.25, 0.3) is 5.91 Å². The Bertz CT molecular complexity index is 499. The van der Waals surface area contributed by atoms with E-state index < -0.39 is 0 Å². The minimum atomic E-state index is -0.229. The van der Waals surface area contributed by atoms with Gasteiger partial charge in [0.05, 0.1) is 5.56 Å². The average Bonchev–Trinajstić information content (AvgIpc) is 2.49. The van der Waals surface area contributed by atoms with E-state index >= 15 is 0 Å². The van der Waals surface area contributed by atoms with E-state index in [4.69, 9.17) is 12.2 Å². The number of nitrogens with zero attached hydrogens (tertiary/aromatic N) is 1. The van der Waals surface area contributed by atoms with Crippen LogP contribution >= 0.6 is 12.2 Å². The van der Waals surface area contributed by atoms with Crippen LogP contribution in [0.5, 0.6) is 0 Å². The molecule has 2 rings (SSSR count). The van der Waals surface area contributed by atoms with Crippen molar-refractivity contribution in [2.45, 2.75) is 32.1 Å². The van der Waals surface area contributed by atoms with Gasteiger partial charge in [0.15, 0.2) is 5.11 Å². The van der Waals surface area contributed by atoms with Crippen LogP contribution in [-0.2, 0) is 0 Å². The van der Waals surface area contributed by atoms with Crippen molar-refractivity contribution in [1.29, 1.82) is 0 Å². The fourth-order valence-corrected chi connectivity index (χ4v) is 2.38. The Labute approximate surface area is 124 Å². The summed E-state index contributed by atoms with van der Waals surface area (Å²) in [6.45, 7) is 0.762. The molecule has 1 amide bonds. The summed E-state index contributed by atoms with van der Waals surface area (Å²) in [5, 5.41) is 6.10. The number of hydrogen-bond donors (Lipinski definition) is 2. The van der Waals surface area contributed by atoms with Crippen LogP contribution in [0.4, 0.5) is 0 Å². The number of carbonyl (C=O) groups excluding carboxylic acids is 1. The average molecular weight is 289 g/mol. The van der Waals surface area contributed by atoms with Gasteiger partial charge in [-0.1, -0.05) is 11.6 Å². The molecule has 20 heavy (non-hydrogen) atoms. The zero-order chi connectivity index (χ0) is 14.2. The molecular weight excluding hydrogens is 270 g/mol. The normalized spacial score (nSPS) is 14.3. The first kappa shape index (κ1) is 14.7. The van der Waals surface area contributed by atoms with E-state index in [1.165, 1.54) is 37.5 Å². The quantitative estimate of drug-likeness (QED) is 0.661. The number of allylic oxidation sites excluding steroid dienone is 1. The topological polar surface area (TPSA) is 54.0 Å². The van der Waals surface area contributed by atoms with Gasteiger partial charge in [-0.2, -0.15) is 0 Å². The highest BCUT2D eigenvalue weighted by Crippen LogP contribution is 2.19. The number of nitrogens with one attached hydrogen (secondary N) is 2. The van der Waals surface area contributed by atoms with Crippen molar-refractivity contribution in [2.24, 2.45) is 0 Å². The molecule has 106 valence electrons. The number of pyridine rings is 1. The first-order chi connectivity index (χ1) is 9.75. The van der Waals surface area contributed by atoms with Gasteiger partial charge in [0.1, 0.15) is 0 Å². The molecule has 5 heteroatoms. The van der Waals surface area contributed by atoms with Crippen LogP contribution in [0.2, 0.25) is 0 Å².